The SMILES string of the molecule is CC(C)(C)OC(=O)N1C2COCC1CC(CCN)C2. The molecule has 0 aromatic carbocycles. The number of fused-ring (bicyclic) bond motifs is 2. The van der Waals surface area contributed by atoms with Crippen LogP contribution in [0, 0.1) is 5.92 Å². The summed E-state index contributed by atoms with van der Waals surface area (Å²) in [6.45, 7) is 7.67. The Morgan fingerprint density at radius 3 is 2.37 bits per heavy atom. The molecule has 2 saturated heterocycles. The Balaban J connectivity index is 2.03. The topological polar surface area (TPSA) is 64.8 Å². The lowest BCUT2D eigenvalue weighted by Crippen LogP contribution is -2.60. The maximum atomic E-state index is 12.3. The smallest absolute Gasteiger partial charge is 0.410 e. The van der Waals surface area contributed by atoms with Gasteiger partial charge in [0, 0.05) is 0 Å². The molecule has 2 heterocycles. The number of piperidine rings is 1. The van der Waals surface area contributed by atoms with Gasteiger partial charge in [-0.3, -0.25) is 4.90 Å². The number of rotatable bonds is 2. The van der Waals surface area contributed by atoms with Crippen molar-refractivity contribution in [2.45, 2.75) is 57.7 Å². The van der Waals surface area contributed by atoms with Crippen LogP contribution in [0.1, 0.15) is 40.0 Å². The van der Waals surface area contributed by atoms with Crippen LogP contribution in [0.25, 0.3) is 0 Å². The maximum Gasteiger partial charge on any atom is 0.410 e. The molecule has 2 fully saturated rings. The molecule has 5 nitrogen and oxygen atoms in total. The predicted octanol–water partition coefficient (Wildman–Crippen LogP) is 1.75. The first kappa shape index (κ1) is 14.6. The van der Waals surface area contributed by atoms with E-state index < -0.39 is 5.60 Å². The first-order chi connectivity index (χ1) is 8.90. The standard InChI is InChI=1S/C14H26N2O3/c1-14(2,3)19-13(17)16-11-6-10(4-5-15)7-12(16)9-18-8-11/h10-12H,4-9,15H2,1-3H3. The summed E-state index contributed by atoms with van der Waals surface area (Å²) < 4.78 is 11.1. The Bertz CT molecular complexity index is 313. The summed E-state index contributed by atoms with van der Waals surface area (Å²) in [6.07, 6.45) is 2.80. The van der Waals surface area contributed by atoms with Crippen molar-refractivity contribution in [3.05, 3.63) is 0 Å². The normalized spacial score (nSPS) is 31.2. The number of amides is 1. The number of hydrogen-bond donors (Lipinski definition) is 1. The summed E-state index contributed by atoms with van der Waals surface area (Å²) in [5.74, 6) is 0.614. The molecule has 2 unspecified atom stereocenters. The predicted molar refractivity (Wildman–Crippen MR) is 72.9 cm³/mol. The van der Waals surface area contributed by atoms with Crippen molar-refractivity contribution in [1.29, 1.82) is 0 Å². The summed E-state index contributed by atoms with van der Waals surface area (Å²) in [4.78, 5) is 14.2. The lowest BCUT2D eigenvalue weighted by molar-refractivity contribution is -0.0900. The van der Waals surface area contributed by atoms with Gasteiger partial charge in [0.15, 0.2) is 0 Å². The fraction of sp³-hybridized carbons (Fsp3) is 0.929. The van der Waals surface area contributed by atoms with Gasteiger partial charge in [-0.15, -0.1) is 0 Å². The third-order valence-corrected chi connectivity index (χ3v) is 3.80. The van der Waals surface area contributed by atoms with Crippen molar-refractivity contribution in [3.63, 3.8) is 0 Å². The first-order valence-corrected chi connectivity index (χ1v) is 7.20. The first-order valence-electron chi connectivity index (χ1n) is 7.20. The zero-order valence-corrected chi connectivity index (χ0v) is 12.2. The van der Waals surface area contributed by atoms with Crippen LogP contribution in [-0.2, 0) is 9.47 Å². The van der Waals surface area contributed by atoms with Crippen LogP contribution in [0.15, 0.2) is 0 Å². The molecule has 0 spiro atoms. The van der Waals surface area contributed by atoms with Gasteiger partial charge in [0.2, 0.25) is 0 Å². The Morgan fingerprint density at radius 2 is 1.89 bits per heavy atom. The molecule has 5 heteroatoms. The second-order valence-corrected chi connectivity index (χ2v) is 6.65. The number of carbonyl (C=O) groups is 1. The highest BCUT2D eigenvalue weighted by atomic mass is 16.6. The quantitative estimate of drug-likeness (QED) is 0.830. The minimum absolute atomic E-state index is 0.152. The molecule has 19 heavy (non-hydrogen) atoms. The fourth-order valence-corrected chi connectivity index (χ4v) is 3.11. The molecule has 0 saturated carbocycles. The molecule has 2 bridgehead atoms. The molecule has 0 aliphatic carbocycles. The van der Waals surface area contributed by atoms with Crippen molar-refractivity contribution in [2.75, 3.05) is 19.8 Å². The molecule has 0 radical (unpaired) electrons. The molecule has 0 aromatic rings. The zero-order valence-electron chi connectivity index (χ0n) is 12.2. The van der Waals surface area contributed by atoms with Crippen LogP contribution in [0.2, 0.25) is 0 Å². The third-order valence-electron chi connectivity index (χ3n) is 3.80. The highest BCUT2D eigenvalue weighted by Crippen LogP contribution is 2.34. The van der Waals surface area contributed by atoms with Crippen LogP contribution in [-0.4, -0.2) is 48.4 Å². The second-order valence-electron chi connectivity index (χ2n) is 6.65. The summed E-state index contributed by atoms with van der Waals surface area (Å²) in [7, 11) is 0. The minimum Gasteiger partial charge on any atom is -0.444 e. The van der Waals surface area contributed by atoms with Crippen molar-refractivity contribution in [1.82, 2.24) is 4.90 Å². The Kier molecular flexibility index (Phi) is 4.36. The number of nitrogens with zero attached hydrogens (tertiary/aromatic N) is 1. The minimum atomic E-state index is -0.444. The highest BCUT2D eigenvalue weighted by Gasteiger charge is 2.42. The van der Waals surface area contributed by atoms with E-state index in [2.05, 4.69) is 0 Å². The fourth-order valence-electron chi connectivity index (χ4n) is 3.11. The molecule has 2 rings (SSSR count). The highest BCUT2D eigenvalue weighted by molar-refractivity contribution is 5.69. The second kappa shape index (κ2) is 5.67. The monoisotopic (exact) mass is 270 g/mol. The van der Waals surface area contributed by atoms with Crippen LogP contribution in [0.3, 0.4) is 0 Å². The van der Waals surface area contributed by atoms with Gasteiger partial charge in [0.1, 0.15) is 5.60 Å². The number of ether oxygens (including phenoxy) is 2. The summed E-state index contributed by atoms with van der Waals surface area (Å²) >= 11 is 0. The summed E-state index contributed by atoms with van der Waals surface area (Å²) in [5, 5.41) is 0. The lowest BCUT2D eigenvalue weighted by atomic mass is 9.83. The van der Waals surface area contributed by atoms with Crippen molar-refractivity contribution < 1.29 is 14.3 Å². The lowest BCUT2D eigenvalue weighted by Gasteiger charge is -2.48. The van der Waals surface area contributed by atoms with E-state index in [1.165, 1.54) is 0 Å². The molecular weight excluding hydrogens is 244 g/mol. The van der Waals surface area contributed by atoms with Gasteiger partial charge in [0.25, 0.3) is 0 Å². The number of nitrogens with two attached hydrogens (primary N) is 1. The van der Waals surface area contributed by atoms with Gasteiger partial charge in [-0.25, -0.2) is 4.79 Å². The van der Waals surface area contributed by atoms with Crippen molar-refractivity contribution >= 4 is 6.09 Å². The average molecular weight is 270 g/mol. The Hall–Kier alpha value is -0.810. The van der Waals surface area contributed by atoms with E-state index in [0.717, 1.165) is 25.8 Å². The van der Waals surface area contributed by atoms with Gasteiger partial charge in [-0.05, 0) is 52.5 Å². The molecule has 2 atom stereocenters. The van der Waals surface area contributed by atoms with E-state index >= 15 is 0 Å². The molecule has 2 aliphatic heterocycles. The Morgan fingerprint density at radius 1 is 1.32 bits per heavy atom. The van der Waals surface area contributed by atoms with E-state index in [0.29, 0.717) is 19.1 Å². The van der Waals surface area contributed by atoms with Gasteiger partial charge >= 0.3 is 6.09 Å². The number of morpholine rings is 1. The molecule has 2 N–H and O–H groups in total. The van der Waals surface area contributed by atoms with Crippen LogP contribution in [0.4, 0.5) is 4.79 Å². The largest absolute Gasteiger partial charge is 0.444 e. The molecule has 0 aromatic heterocycles. The van der Waals surface area contributed by atoms with E-state index in [1.807, 2.05) is 25.7 Å². The van der Waals surface area contributed by atoms with Crippen molar-refractivity contribution in [2.24, 2.45) is 11.7 Å². The molecule has 2 aliphatic rings. The van der Waals surface area contributed by atoms with E-state index in [1.54, 1.807) is 0 Å². The average Bonchev–Trinajstić information content (AvgIpc) is 2.25. The van der Waals surface area contributed by atoms with Gasteiger partial charge in [0.05, 0.1) is 25.3 Å². The van der Waals surface area contributed by atoms with Crippen molar-refractivity contribution in [3.8, 4) is 0 Å². The summed E-state index contributed by atoms with van der Waals surface area (Å²) in [5.41, 5.74) is 5.21. The van der Waals surface area contributed by atoms with E-state index in [9.17, 15) is 4.79 Å². The number of carbonyl (C=O) groups excluding carboxylic acids is 1. The van der Waals surface area contributed by atoms with Gasteiger partial charge in [-0.1, -0.05) is 0 Å². The Labute approximate surface area is 115 Å². The van der Waals surface area contributed by atoms with Crippen LogP contribution < -0.4 is 5.73 Å². The van der Waals surface area contributed by atoms with Gasteiger partial charge < -0.3 is 15.2 Å². The zero-order chi connectivity index (χ0) is 14.0. The maximum absolute atomic E-state index is 12.3. The van der Waals surface area contributed by atoms with Gasteiger partial charge in [-0.2, -0.15) is 0 Å². The third kappa shape index (κ3) is 3.60. The van der Waals surface area contributed by atoms with Crippen LogP contribution >= 0.6 is 0 Å². The number of hydrogen-bond acceptors (Lipinski definition) is 4. The molecular formula is C14H26N2O3. The summed E-state index contributed by atoms with van der Waals surface area (Å²) in [6, 6.07) is 0.304. The van der Waals surface area contributed by atoms with Crippen LogP contribution in [0.5, 0.6) is 0 Å². The molecule has 110 valence electrons. The van der Waals surface area contributed by atoms with E-state index in [-0.39, 0.29) is 18.2 Å². The van der Waals surface area contributed by atoms with E-state index in [4.69, 9.17) is 15.2 Å². The molecule has 1 amide bonds.